The topological polar surface area (TPSA) is 106 Å². The van der Waals surface area contributed by atoms with Crippen molar-refractivity contribution < 1.29 is 14.8 Å². The molecule has 0 saturated heterocycles. The van der Waals surface area contributed by atoms with Crippen molar-refractivity contribution in [3.05, 3.63) is 34.4 Å². The lowest BCUT2D eigenvalue weighted by atomic mass is 9.98. The molecule has 0 aromatic heterocycles. The van der Waals surface area contributed by atoms with E-state index in [4.69, 9.17) is 5.73 Å². The summed E-state index contributed by atoms with van der Waals surface area (Å²) in [4.78, 5) is 22.1. The van der Waals surface area contributed by atoms with Crippen LogP contribution in [0.1, 0.15) is 12.8 Å². The van der Waals surface area contributed by atoms with E-state index in [9.17, 15) is 20.0 Å². The average Bonchev–Trinajstić information content (AvgIpc) is 3.20. The Kier molecular flexibility index (Phi) is 3.77. The Morgan fingerprint density at radius 2 is 2.05 bits per heavy atom. The highest BCUT2D eigenvalue weighted by molar-refractivity contribution is 7.99. The molecule has 1 fully saturated rings. The molecule has 0 spiro atoms. The number of hydrogen-bond donors (Lipinski definition) is 2. The van der Waals surface area contributed by atoms with Crippen LogP contribution in [-0.4, -0.2) is 27.3 Å². The number of carboxylic acid groups (broad SMARTS) is 1. The molecule has 6 nitrogen and oxygen atoms in total. The van der Waals surface area contributed by atoms with Crippen molar-refractivity contribution in [1.29, 1.82) is 0 Å². The Balaban J connectivity index is 2.01. The fraction of sp³-hybridized carbons (Fsp3) is 0.417. The Morgan fingerprint density at radius 1 is 1.47 bits per heavy atom. The molecule has 7 heteroatoms. The second-order valence-electron chi connectivity index (χ2n) is 4.66. The minimum absolute atomic E-state index is 0.0174. The summed E-state index contributed by atoms with van der Waals surface area (Å²) in [6.07, 6.45) is 1.70. The van der Waals surface area contributed by atoms with E-state index >= 15 is 0 Å². The number of nitro benzene ring substituents is 1. The summed E-state index contributed by atoms with van der Waals surface area (Å²) in [5, 5.41) is 19.7. The SMILES string of the molecule is NC(CSc1ccc([N+](=O)[O-])cc1)(C(=O)O)C1CC1. The molecule has 1 aliphatic carbocycles. The van der Waals surface area contributed by atoms with Gasteiger partial charge in [-0.05, 0) is 30.9 Å². The van der Waals surface area contributed by atoms with E-state index in [0.29, 0.717) is 0 Å². The van der Waals surface area contributed by atoms with Crippen LogP contribution >= 0.6 is 11.8 Å². The fourth-order valence-electron chi connectivity index (χ4n) is 1.82. The molecular weight excluding hydrogens is 268 g/mol. The van der Waals surface area contributed by atoms with Gasteiger partial charge in [-0.15, -0.1) is 11.8 Å². The molecule has 1 saturated carbocycles. The van der Waals surface area contributed by atoms with Gasteiger partial charge in [0.1, 0.15) is 5.54 Å². The van der Waals surface area contributed by atoms with E-state index in [1.54, 1.807) is 12.1 Å². The number of carbonyl (C=O) groups is 1. The molecule has 0 aliphatic heterocycles. The van der Waals surface area contributed by atoms with Gasteiger partial charge in [-0.25, -0.2) is 0 Å². The zero-order chi connectivity index (χ0) is 14.0. The van der Waals surface area contributed by atoms with Crippen molar-refractivity contribution in [2.75, 3.05) is 5.75 Å². The first kappa shape index (κ1) is 13.8. The van der Waals surface area contributed by atoms with Gasteiger partial charge in [-0.3, -0.25) is 14.9 Å². The molecule has 1 aliphatic rings. The monoisotopic (exact) mass is 282 g/mol. The number of benzene rings is 1. The second kappa shape index (κ2) is 5.18. The van der Waals surface area contributed by atoms with E-state index in [0.717, 1.165) is 17.7 Å². The van der Waals surface area contributed by atoms with Gasteiger partial charge in [0, 0.05) is 22.8 Å². The molecule has 0 radical (unpaired) electrons. The minimum atomic E-state index is -1.20. The standard InChI is InChI=1S/C12H14N2O4S/c13-12(11(15)16,8-1-2-8)7-19-10-5-3-9(4-6-10)14(17)18/h3-6,8H,1-2,7,13H2,(H,15,16). The lowest BCUT2D eigenvalue weighted by Crippen LogP contribution is -2.52. The van der Waals surface area contributed by atoms with Crippen molar-refractivity contribution >= 4 is 23.4 Å². The summed E-state index contributed by atoms with van der Waals surface area (Å²) in [6.45, 7) is 0. The number of rotatable bonds is 6. The highest BCUT2D eigenvalue weighted by Crippen LogP contribution is 2.41. The molecule has 102 valence electrons. The predicted octanol–water partition coefficient (Wildman–Crippen LogP) is 1.88. The molecule has 2 rings (SSSR count). The second-order valence-corrected chi connectivity index (χ2v) is 5.71. The predicted molar refractivity (Wildman–Crippen MR) is 71.1 cm³/mol. The molecule has 0 bridgehead atoms. The number of hydrogen-bond acceptors (Lipinski definition) is 5. The third-order valence-electron chi connectivity index (χ3n) is 3.23. The zero-order valence-electron chi connectivity index (χ0n) is 10.1. The van der Waals surface area contributed by atoms with Crippen molar-refractivity contribution in [3.8, 4) is 0 Å². The molecule has 0 heterocycles. The van der Waals surface area contributed by atoms with Crippen molar-refractivity contribution in [2.24, 2.45) is 11.7 Å². The number of nitrogens with two attached hydrogens (primary N) is 1. The van der Waals surface area contributed by atoms with Crippen molar-refractivity contribution in [1.82, 2.24) is 0 Å². The Labute approximate surface area is 114 Å². The van der Waals surface area contributed by atoms with Gasteiger partial charge in [0.05, 0.1) is 4.92 Å². The van der Waals surface area contributed by atoms with Crippen LogP contribution in [0.4, 0.5) is 5.69 Å². The lowest BCUT2D eigenvalue weighted by Gasteiger charge is -2.23. The van der Waals surface area contributed by atoms with Crippen molar-refractivity contribution in [2.45, 2.75) is 23.3 Å². The Morgan fingerprint density at radius 3 is 2.47 bits per heavy atom. The first-order valence-electron chi connectivity index (χ1n) is 5.83. The number of nitro groups is 1. The number of aliphatic carboxylic acids is 1. The summed E-state index contributed by atoms with van der Waals surface area (Å²) >= 11 is 1.32. The maximum atomic E-state index is 11.2. The maximum Gasteiger partial charge on any atom is 0.324 e. The van der Waals surface area contributed by atoms with Crippen LogP contribution in [0.15, 0.2) is 29.2 Å². The van der Waals surface area contributed by atoms with E-state index in [1.807, 2.05) is 0 Å². The Bertz CT molecular complexity index is 501. The fourth-order valence-corrected chi connectivity index (χ4v) is 2.91. The quantitative estimate of drug-likeness (QED) is 0.468. The average molecular weight is 282 g/mol. The van der Waals surface area contributed by atoms with Crippen LogP contribution in [0.3, 0.4) is 0 Å². The van der Waals surface area contributed by atoms with E-state index in [1.165, 1.54) is 23.9 Å². The van der Waals surface area contributed by atoms with Gasteiger partial charge in [-0.2, -0.15) is 0 Å². The largest absolute Gasteiger partial charge is 0.480 e. The summed E-state index contributed by atoms with van der Waals surface area (Å²) in [5.41, 5.74) is 4.76. The van der Waals surface area contributed by atoms with Crippen LogP contribution in [0.2, 0.25) is 0 Å². The first-order chi connectivity index (χ1) is 8.93. The summed E-state index contributed by atoms with van der Waals surface area (Å²) in [6, 6.07) is 6.02. The molecule has 1 atom stereocenters. The smallest absolute Gasteiger partial charge is 0.324 e. The molecule has 0 amide bonds. The lowest BCUT2D eigenvalue weighted by molar-refractivity contribution is -0.384. The molecule has 19 heavy (non-hydrogen) atoms. The first-order valence-corrected chi connectivity index (χ1v) is 6.81. The summed E-state index contributed by atoms with van der Waals surface area (Å²) in [5.74, 6) is -0.676. The number of nitrogens with zero attached hydrogens (tertiary/aromatic N) is 1. The van der Waals surface area contributed by atoms with Gasteiger partial charge in [0.25, 0.3) is 5.69 Å². The van der Waals surface area contributed by atoms with Gasteiger partial charge in [0.2, 0.25) is 0 Å². The molecule has 3 N–H and O–H groups in total. The normalized spacial score (nSPS) is 17.7. The zero-order valence-corrected chi connectivity index (χ0v) is 10.9. The number of carboxylic acids is 1. The van der Waals surface area contributed by atoms with Crippen molar-refractivity contribution in [3.63, 3.8) is 0 Å². The van der Waals surface area contributed by atoms with Gasteiger partial charge in [-0.1, -0.05) is 0 Å². The summed E-state index contributed by atoms with van der Waals surface area (Å²) in [7, 11) is 0. The number of thioether (sulfide) groups is 1. The molecule has 1 unspecified atom stereocenters. The van der Waals surface area contributed by atoms with Crippen LogP contribution in [-0.2, 0) is 4.79 Å². The Hall–Kier alpha value is -1.60. The number of non-ortho nitro benzene ring substituents is 1. The van der Waals surface area contributed by atoms with Gasteiger partial charge < -0.3 is 10.8 Å². The summed E-state index contributed by atoms with van der Waals surface area (Å²) < 4.78 is 0. The molecular formula is C12H14N2O4S. The van der Waals surface area contributed by atoms with E-state index in [-0.39, 0.29) is 17.4 Å². The van der Waals surface area contributed by atoms with Crippen LogP contribution < -0.4 is 5.73 Å². The third-order valence-corrected chi connectivity index (χ3v) is 4.46. The molecule has 1 aromatic carbocycles. The van der Waals surface area contributed by atoms with E-state index in [2.05, 4.69) is 0 Å². The highest BCUT2D eigenvalue weighted by Gasteiger charge is 2.48. The van der Waals surface area contributed by atoms with Crippen LogP contribution in [0, 0.1) is 16.0 Å². The molecule has 1 aromatic rings. The van der Waals surface area contributed by atoms with E-state index < -0.39 is 16.4 Å². The van der Waals surface area contributed by atoms with Gasteiger partial charge >= 0.3 is 5.97 Å². The van der Waals surface area contributed by atoms with Crippen LogP contribution in [0.25, 0.3) is 0 Å². The minimum Gasteiger partial charge on any atom is -0.480 e. The van der Waals surface area contributed by atoms with Gasteiger partial charge in [0.15, 0.2) is 0 Å². The third kappa shape index (κ3) is 3.05. The highest BCUT2D eigenvalue weighted by atomic mass is 32.2. The maximum absolute atomic E-state index is 11.2. The van der Waals surface area contributed by atoms with Crippen LogP contribution in [0.5, 0.6) is 0 Å².